The zero-order valence-electron chi connectivity index (χ0n) is 9.28. The number of carbonyl (C=O) groups is 1. The number of ether oxygens (including phenoxy) is 2. The first-order valence-electron chi connectivity index (χ1n) is 5.44. The van der Waals surface area contributed by atoms with Gasteiger partial charge in [0, 0.05) is 6.08 Å². The summed E-state index contributed by atoms with van der Waals surface area (Å²) in [7, 11) is 0. The zero-order valence-corrected chi connectivity index (χ0v) is 9.28. The molecular formula is C13H14O4. The van der Waals surface area contributed by atoms with Gasteiger partial charge in [0.05, 0.1) is 13.2 Å². The van der Waals surface area contributed by atoms with Crippen LogP contribution in [-0.2, 0) is 20.9 Å². The lowest BCUT2D eigenvalue weighted by molar-refractivity contribution is -0.154. The minimum Gasteiger partial charge on any atom is -0.454 e. The van der Waals surface area contributed by atoms with Gasteiger partial charge in [-0.3, -0.25) is 0 Å². The van der Waals surface area contributed by atoms with Crippen LogP contribution >= 0.6 is 0 Å². The van der Waals surface area contributed by atoms with Gasteiger partial charge in [0.15, 0.2) is 6.10 Å². The van der Waals surface area contributed by atoms with Crippen molar-refractivity contribution in [3.05, 3.63) is 48.0 Å². The van der Waals surface area contributed by atoms with Crippen molar-refractivity contribution in [3.8, 4) is 0 Å². The molecule has 1 aliphatic rings. The number of hydrogen-bond acceptors (Lipinski definition) is 4. The Hall–Kier alpha value is -1.65. The van der Waals surface area contributed by atoms with Crippen LogP contribution in [0.4, 0.5) is 0 Å². The monoisotopic (exact) mass is 234 g/mol. The molecule has 1 N–H and O–H groups in total. The molecule has 1 aromatic rings. The molecule has 2 atom stereocenters. The van der Waals surface area contributed by atoms with Crippen LogP contribution in [0.25, 0.3) is 0 Å². The molecule has 4 heteroatoms. The van der Waals surface area contributed by atoms with Gasteiger partial charge < -0.3 is 14.6 Å². The van der Waals surface area contributed by atoms with Gasteiger partial charge in [0.25, 0.3) is 0 Å². The maximum Gasteiger partial charge on any atom is 0.330 e. The predicted octanol–water partition coefficient (Wildman–Crippen LogP) is 1.05. The van der Waals surface area contributed by atoms with Gasteiger partial charge in [-0.05, 0) is 11.6 Å². The predicted molar refractivity (Wildman–Crippen MR) is 61.1 cm³/mol. The first-order chi connectivity index (χ1) is 8.25. The van der Waals surface area contributed by atoms with E-state index in [0.717, 1.165) is 5.56 Å². The molecule has 0 amide bonds. The van der Waals surface area contributed by atoms with Crippen molar-refractivity contribution in [3.63, 3.8) is 0 Å². The minimum atomic E-state index is -0.788. The molecule has 0 fully saturated rings. The van der Waals surface area contributed by atoms with Crippen LogP contribution in [-0.4, -0.2) is 29.9 Å². The van der Waals surface area contributed by atoms with Crippen LogP contribution in [0.5, 0.6) is 0 Å². The van der Waals surface area contributed by atoms with E-state index in [0.29, 0.717) is 6.61 Å². The Bertz CT molecular complexity index is 399. The van der Waals surface area contributed by atoms with Gasteiger partial charge in [-0.2, -0.15) is 0 Å². The summed E-state index contributed by atoms with van der Waals surface area (Å²) in [5.74, 6) is -0.441. The molecule has 0 aromatic heterocycles. The summed E-state index contributed by atoms with van der Waals surface area (Å²) < 4.78 is 10.3. The fourth-order valence-corrected chi connectivity index (χ4v) is 1.56. The number of cyclic esters (lactones) is 1. The number of benzene rings is 1. The topological polar surface area (TPSA) is 55.8 Å². The zero-order chi connectivity index (χ0) is 12.1. The third-order valence-corrected chi connectivity index (χ3v) is 2.47. The van der Waals surface area contributed by atoms with E-state index in [4.69, 9.17) is 9.47 Å². The van der Waals surface area contributed by atoms with Gasteiger partial charge in [-0.1, -0.05) is 30.3 Å². The van der Waals surface area contributed by atoms with E-state index >= 15 is 0 Å². The molecule has 17 heavy (non-hydrogen) atoms. The molecule has 0 bridgehead atoms. The highest BCUT2D eigenvalue weighted by molar-refractivity contribution is 5.83. The van der Waals surface area contributed by atoms with Crippen molar-refractivity contribution in [1.82, 2.24) is 0 Å². The lowest BCUT2D eigenvalue weighted by Crippen LogP contribution is -2.36. The molecular weight excluding hydrogens is 220 g/mol. The number of hydrogen-bond donors (Lipinski definition) is 1. The number of esters is 1. The van der Waals surface area contributed by atoms with E-state index < -0.39 is 18.2 Å². The largest absolute Gasteiger partial charge is 0.454 e. The summed E-state index contributed by atoms with van der Waals surface area (Å²) in [4.78, 5) is 11.0. The van der Waals surface area contributed by atoms with E-state index in [-0.39, 0.29) is 6.61 Å². The molecule has 1 aliphatic heterocycles. The fraction of sp³-hybridized carbons (Fsp3) is 0.308. The summed E-state index contributed by atoms with van der Waals surface area (Å²) in [5.41, 5.74) is 1.04. The molecule has 2 rings (SSSR count). The number of aliphatic hydroxyl groups excluding tert-OH is 1. The SMILES string of the molecule is O=C1C=C[C@H](O)[C@@H](COCc2ccccc2)O1. The second-order valence-corrected chi connectivity index (χ2v) is 3.83. The Balaban J connectivity index is 1.79. The van der Waals surface area contributed by atoms with Gasteiger partial charge in [-0.15, -0.1) is 0 Å². The fourth-order valence-electron chi connectivity index (χ4n) is 1.56. The van der Waals surface area contributed by atoms with Crippen LogP contribution in [0, 0.1) is 0 Å². The minimum absolute atomic E-state index is 0.187. The second kappa shape index (κ2) is 5.61. The highest BCUT2D eigenvalue weighted by Crippen LogP contribution is 2.10. The molecule has 1 heterocycles. The number of aliphatic hydroxyl groups is 1. The molecule has 90 valence electrons. The first kappa shape index (κ1) is 11.8. The summed E-state index contributed by atoms with van der Waals surface area (Å²) in [6, 6.07) is 9.68. The first-order valence-corrected chi connectivity index (χ1v) is 5.44. The maximum absolute atomic E-state index is 11.0. The molecule has 0 unspecified atom stereocenters. The van der Waals surface area contributed by atoms with Crippen molar-refractivity contribution in [2.24, 2.45) is 0 Å². The molecule has 4 nitrogen and oxygen atoms in total. The van der Waals surface area contributed by atoms with Crippen LogP contribution in [0.15, 0.2) is 42.5 Å². The standard InChI is InChI=1S/C13H14O4/c14-11-6-7-13(15)17-12(11)9-16-8-10-4-2-1-3-5-10/h1-7,11-12,14H,8-9H2/t11-,12+/m0/s1. The Morgan fingerprint density at radius 1 is 1.29 bits per heavy atom. The van der Waals surface area contributed by atoms with Crippen LogP contribution in [0.3, 0.4) is 0 Å². The van der Waals surface area contributed by atoms with Crippen molar-refractivity contribution < 1.29 is 19.4 Å². The average Bonchev–Trinajstić information content (AvgIpc) is 2.35. The van der Waals surface area contributed by atoms with Crippen molar-refractivity contribution in [2.45, 2.75) is 18.8 Å². The molecule has 0 spiro atoms. The van der Waals surface area contributed by atoms with Gasteiger partial charge >= 0.3 is 5.97 Å². The third kappa shape index (κ3) is 3.41. The summed E-state index contributed by atoms with van der Waals surface area (Å²) in [6.45, 7) is 0.622. The van der Waals surface area contributed by atoms with E-state index in [1.54, 1.807) is 0 Å². The maximum atomic E-state index is 11.0. The van der Waals surface area contributed by atoms with Gasteiger partial charge in [0.2, 0.25) is 0 Å². The highest BCUT2D eigenvalue weighted by atomic mass is 16.6. The Kier molecular flexibility index (Phi) is 3.90. The Morgan fingerprint density at radius 2 is 2.06 bits per heavy atom. The molecule has 0 saturated heterocycles. The Morgan fingerprint density at radius 3 is 2.82 bits per heavy atom. The molecule has 1 aromatic carbocycles. The number of carbonyl (C=O) groups excluding carboxylic acids is 1. The van der Waals surface area contributed by atoms with Crippen LogP contribution in [0.1, 0.15) is 5.56 Å². The lowest BCUT2D eigenvalue weighted by Gasteiger charge is -2.23. The summed E-state index contributed by atoms with van der Waals surface area (Å²) in [5, 5.41) is 9.54. The smallest absolute Gasteiger partial charge is 0.330 e. The van der Waals surface area contributed by atoms with E-state index in [1.165, 1.54) is 12.2 Å². The third-order valence-electron chi connectivity index (χ3n) is 2.47. The number of rotatable bonds is 4. The van der Waals surface area contributed by atoms with E-state index in [9.17, 15) is 9.90 Å². The molecule has 0 aliphatic carbocycles. The Labute approximate surface area is 99.5 Å². The van der Waals surface area contributed by atoms with Crippen molar-refractivity contribution >= 4 is 5.97 Å². The second-order valence-electron chi connectivity index (χ2n) is 3.83. The van der Waals surface area contributed by atoms with Gasteiger partial charge in [0.1, 0.15) is 6.10 Å². The lowest BCUT2D eigenvalue weighted by atomic mass is 10.1. The van der Waals surface area contributed by atoms with Crippen molar-refractivity contribution in [2.75, 3.05) is 6.61 Å². The van der Waals surface area contributed by atoms with Crippen LogP contribution < -0.4 is 0 Å². The highest BCUT2D eigenvalue weighted by Gasteiger charge is 2.24. The van der Waals surface area contributed by atoms with Crippen LogP contribution in [0.2, 0.25) is 0 Å². The summed E-state index contributed by atoms with van der Waals surface area (Å²) in [6.07, 6.45) is 1.24. The average molecular weight is 234 g/mol. The molecule has 0 saturated carbocycles. The molecule has 0 radical (unpaired) electrons. The van der Waals surface area contributed by atoms with Crippen molar-refractivity contribution in [1.29, 1.82) is 0 Å². The van der Waals surface area contributed by atoms with E-state index in [1.807, 2.05) is 30.3 Å². The summed E-state index contributed by atoms with van der Waals surface area (Å²) >= 11 is 0. The quantitative estimate of drug-likeness (QED) is 0.791. The van der Waals surface area contributed by atoms with E-state index in [2.05, 4.69) is 0 Å². The normalized spacial score (nSPS) is 23.5. The van der Waals surface area contributed by atoms with Gasteiger partial charge in [-0.25, -0.2) is 4.79 Å².